The monoisotopic (exact) mass is 390 g/mol. The summed E-state index contributed by atoms with van der Waals surface area (Å²) in [4.78, 5) is 15.2. The lowest BCUT2D eigenvalue weighted by atomic mass is 10.1. The van der Waals surface area contributed by atoms with Crippen molar-refractivity contribution in [2.75, 3.05) is 0 Å². The fourth-order valence-corrected chi connectivity index (χ4v) is 3.03. The van der Waals surface area contributed by atoms with Gasteiger partial charge in [0.2, 0.25) is 5.55 Å². The van der Waals surface area contributed by atoms with Crippen molar-refractivity contribution in [3.05, 3.63) is 103 Å². The molecule has 6 heteroatoms. The first-order chi connectivity index (χ1) is 13.6. The molecular formula is C22H15ClN2O3. The number of oxazole rings is 1. The molecule has 4 rings (SSSR count). The molecule has 5 nitrogen and oxygen atoms in total. The Balaban J connectivity index is 1.90. The Morgan fingerprint density at radius 2 is 1.75 bits per heavy atom. The van der Waals surface area contributed by atoms with Crippen LogP contribution >= 0.6 is 11.6 Å². The van der Waals surface area contributed by atoms with Gasteiger partial charge in [-0.05, 0) is 17.7 Å². The molecule has 0 aliphatic carbocycles. The molecule has 0 atom stereocenters. The summed E-state index contributed by atoms with van der Waals surface area (Å²) in [6.07, 6.45) is 3.27. The highest BCUT2D eigenvalue weighted by atomic mass is 35.5. The minimum Gasteiger partial charge on any atom is -0.404 e. The number of hydrogen-bond acceptors (Lipinski definition) is 4. The van der Waals surface area contributed by atoms with Crippen molar-refractivity contribution in [2.24, 2.45) is 0 Å². The highest BCUT2D eigenvalue weighted by Crippen LogP contribution is 2.16. The van der Waals surface area contributed by atoms with Gasteiger partial charge in [0.15, 0.2) is 5.42 Å². The molecule has 0 saturated heterocycles. The van der Waals surface area contributed by atoms with E-state index < -0.39 is 5.63 Å². The number of H-pyrrole nitrogens is 1. The van der Waals surface area contributed by atoms with Gasteiger partial charge < -0.3 is 13.9 Å². The lowest BCUT2D eigenvalue weighted by Crippen LogP contribution is -2.20. The molecule has 0 bridgehead atoms. The summed E-state index contributed by atoms with van der Waals surface area (Å²) in [5.74, 6) is 0. The Bertz CT molecular complexity index is 1400. The smallest absolute Gasteiger partial charge is 0.361 e. The van der Waals surface area contributed by atoms with Crippen LogP contribution in [0.3, 0.4) is 0 Å². The fraction of sp³-hybridized carbons (Fsp3) is 0. The SMILES string of the molecule is C=c1onc(-c2ccccc2)c1=c1[nH]/c(=C/C(Cl)=C/c2ccccc2)c(=O)o1. The molecule has 0 unspecified atom stereocenters. The van der Waals surface area contributed by atoms with Crippen molar-refractivity contribution in [1.29, 1.82) is 0 Å². The summed E-state index contributed by atoms with van der Waals surface area (Å²) >= 11 is 6.28. The van der Waals surface area contributed by atoms with Gasteiger partial charge in [0.05, 0.1) is 0 Å². The molecule has 2 aromatic carbocycles. The van der Waals surface area contributed by atoms with E-state index in [1.165, 1.54) is 6.08 Å². The number of aromatic amines is 1. The first-order valence-corrected chi connectivity index (χ1v) is 8.87. The molecule has 1 N–H and O–H groups in total. The van der Waals surface area contributed by atoms with E-state index in [1.807, 2.05) is 60.7 Å². The Morgan fingerprint density at radius 1 is 1.07 bits per heavy atom. The standard InChI is InChI=1S/C22H15ClN2O3/c1-14-19(20(25-28-14)16-10-6-3-7-11-16)21-24-18(22(26)27-21)13-17(23)12-15-8-4-2-5-9-15/h2-13,24H,1H2/b17-12-,18-13+,21-19?. The molecule has 0 saturated carbocycles. The third-order valence-electron chi connectivity index (χ3n) is 4.09. The lowest BCUT2D eigenvalue weighted by molar-refractivity contribution is 0.396. The highest BCUT2D eigenvalue weighted by molar-refractivity contribution is 6.36. The van der Waals surface area contributed by atoms with Crippen LogP contribution in [0.25, 0.3) is 30.0 Å². The number of nitrogens with one attached hydrogen (secondary N) is 1. The zero-order chi connectivity index (χ0) is 19.5. The number of hydrogen-bond donors (Lipinski definition) is 1. The van der Waals surface area contributed by atoms with Gasteiger partial charge in [-0.1, -0.05) is 84.0 Å². The third kappa shape index (κ3) is 3.61. The molecule has 138 valence electrons. The fourth-order valence-electron chi connectivity index (χ4n) is 2.79. The van der Waals surface area contributed by atoms with Crippen molar-refractivity contribution < 1.29 is 8.94 Å². The van der Waals surface area contributed by atoms with E-state index in [1.54, 1.807) is 6.08 Å². The van der Waals surface area contributed by atoms with E-state index in [4.69, 9.17) is 20.5 Å². The zero-order valence-corrected chi connectivity index (χ0v) is 15.4. The van der Waals surface area contributed by atoms with Crippen molar-refractivity contribution in [1.82, 2.24) is 10.1 Å². The van der Waals surface area contributed by atoms with Crippen molar-refractivity contribution in [3.63, 3.8) is 0 Å². The maximum absolute atomic E-state index is 12.3. The second kappa shape index (κ2) is 7.58. The van der Waals surface area contributed by atoms with E-state index in [9.17, 15) is 4.79 Å². The van der Waals surface area contributed by atoms with Crippen LogP contribution < -0.4 is 16.4 Å². The largest absolute Gasteiger partial charge is 0.404 e. The van der Waals surface area contributed by atoms with Crippen LogP contribution in [0.15, 0.2) is 79.4 Å². The second-order valence-corrected chi connectivity index (χ2v) is 6.47. The maximum atomic E-state index is 12.3. The predicted molar refractivity (Wildman–Crippen MR) is 108 cm³/mol. The van der Waals surface area contributed by atoms with Gasteiger partial charge >= 0.3 is 5.63 Å². The molecule has 2 aromatic heterocycles. The van der Waals surface area contributed by atoms with Crippen molar-refractivity contribution in [3.8, 4) is 11.3 Å². The molecule has 4 aromatic rings. The van der Waals surface area contributed by atoms with Gasteiger partial charge in [-0.2, -0.15) is 0 Å². The molecule has 0 spiro atoms. The summed E-state index contributed by atoms with van der Waals surface area (Å²) < 4.78 is 10.6. The van der Waals surface area contributed by atoms with E-state index >= 15 is 0 Å². The highest BCUT2D eigenvalue weighted by Gasteiger charge is 2.09. The minimum absolute atomic E-state index is 0.213. The van der Waals surface area contributed by atoms with Gasteiger partial charge in [-0.15, -0.1) is 0 Å². The van der Waals surface area contributed by atoms with Crippen LogP contribution in [0.2, 0.25) is 0 Å². The molecule has 28 heavy (non-hydrogen) atoms. The summed E-state index contributed by atoms with van der Waals surface area (Å²) in [5, 5.41) is 5.14. The Hall–Kier alpha value is -3.57. The first-order valence-electron chi connectivity index (χ1n) is 8.49. The van der Waals surface area contributed by atoms with Crippen LogP contribution in [0.1, 0.15) is 5.56 Å². The summed E-state index contributed by atoms with van der Waals surface area (Å²) in [6.45, 7) is 3.84. The molecule has 0 aliphatic heterocycles. The molecule has 2 heterocycles. The number of halogens is 1. The van der Waals surface area contributed by atoms with Crippen molar-refractivity contribution in [2.45, 2.75) is 0 Å². The average molecular weight is 391 g/mol. The zero-order valence-electron chi connectivity index (χ0n) is 14.7. The Kier molecular flexibility index (Phi) is 4.83. The molecule has 0 aliphatic rings. The minimum atomic E-state index is -0.547. The van der Waals surface area contributed by atoms with E-state index in [-0.39, 0.29) is 10.9 Å². The number of allylic oxidation sites excluding steroid dienone is 1. The van der Waals surface area contributed by atoms with E-state index in [2.05, 4.69) is 16.7 Å². The van der Waals surface area contributed by atoms with Crippen LogP contribution in [-0.4, -0.2) is 10.1 Å². The van der Waals surface area contributed by atoms with Gasteiger partial charge in [0, 0.05) is 10.6 Å². The number of rotatable bonds is 3. The van der Waals surface area contributed by atoms with Crippen molar-refractivity contribution >= 4 is 30.3 Å². The molecular weight excluding hydrogens is 376 g/mol. The van der Waals surface area contributed by atoms with Gasteiger partial charge in [-0.25, -0.2) is 4.79 Å². The second-order valence-electron chi connectivity index (χ2n) is 6.04. The summed E-state index contributed by atoms with van der Waals surface area (Å²) in [6, 6.07) is 19.0. The van der Waals surface area contributed by atoms with Crippen LogP contribution in [0, 0.1) is 10.8 Å². The lowest BCUT2D eigenvalue weighted by Gasteiger charge is -1.92. The summed E-state index contributed by atoms with van der Waals surface area (Å²) in [5.41, 5.74) is 2.24. The van der Waals surface area contributed by atoms with E-state index in [0.717, 1.165) is 11.1 Å². The van der Waals surface area contributed by atoms with Gasteiger partial charge in [-0.3, -0.25) is 0 Å². The molecule has 0 radical (unpaired) electrons. The third-order valence-corrected chi connectivity index (χ3v) is 4.30. The molecule has 0 amide bonds. The number of aromatic nitrogens is 2. The average Bonchev–Trinajstić information content (AvgIpc) is 3.25. The van der Waals surface area contributed by atoms with E-state index in [0.29, 0.717) is 21.4 Å². The van der Waals surface area contributed by atoms with Crippen LogP contribution in [0.4, 0.5) is 0 Å². The Labute approximate surface area is 164 Å². The van der Waals surface area contributed by atoms with Crippen LogP contribution in [-0.2, 0) is 0 Å². The summed E-state index contributed by atoms with van der Waals surface area (Å²) in [7, 11) is 0. The number of nitrogens with zero attached hydrogens (tertiary/aromatic N) is 1. The van der Waals surface area contributed by atoms with Gasteiger partial charge in [0.25, 0.3) is 0 Å². The van der Waals surface area contributed by atoms with Crippen LogP contribution in [0.5, 0.6) is 0 Å². The topological polar surface area (TPSA) is 72.0 Å². The maximum Gasteiger partial charge on any atom is 0.361 e. The normalized spacial score (nSPS) is 13.8. The predicted octanol–water partition coefficient (Wildman–Crippen LogP) is 3.38. The van der Waals surface area contributed by atoms with Gasteiger partial charge in [0.1, 0.15) is 16.3 Å². The number of benzene rings is 2. The quantitative estimate of drug-likeness (QED) is 0.582. The molecule has 0 fully saturated rings. The Morgan fingerprint density at radius 3 is 2.46 bits per heavy atom. The first kappa shape index (κ1) is 17.8.